The highest BCUT2D eigenvalue weighted by molar-refractivity contribution is 8.32. The quantitative estimate of drug-likeness (QED) is 0.496. The van der Waals surface area contributed by atoms with Gasteiger partial charge in [0.05, 0.1) is 0 Å². The summed E-state index contributed by atoms with van der Waals surface area (Å²) in [5.74, 6) is 0. The smallest absolute Gasteiger partial charge is 0.263 e. The van der Waals surface area contributed by atoms with Crippen LogP contribution >= 0.6 is 13.3 Å². The first kappa shape index (κ1) is 18.2. The summed E-state index contributed by atoms with van der Waals surface area (Å²) in [7, 11) is -0.864. The van der Waals surface area contributed by atoms with E-state index in [1.54, 1.807) is 0 Å². The van der Waals surface area contributed by atoms with Gasteiger partial charge in [-0.2, -0.15) is 4.86 Å². The molecule has 0 rings (SSSR count). The molecule has 0 saturated carbocycles. The highest BCUT2D eigenvalue weighted by atomic mass is 32.5. The molecule has 0 amide bonds. The van der Waals surface area contributed by atoms with Gasteiger partial charge in [-0.25, -0.2) is 0 Å². The van der Waals surface area contributed by atoms with E-state index >= 15 is 0 Å². The van der Waals surface area contributed by atoms with E-state index in [0.29, 0.717) is 0 Å². The fourth-order valence-electron chi connectivity index (χ4n) is 1.89. The lowest BCUT2D eigenvalue weighted by Crippen LogP contribution is -2.38. The Kier molecular flexibility index (Phi) is 5.70. The zero-order chi connectivity index (χ0) is 14.3. The van der Waals surface area contributed by atoms with Crippen LogP contribution in [0.4, 0.5) is 0 Å². The summed E-state index contributed by atoms with van der Waals surface area (Å²) in [4.78, 5) is 40.9. The summed E-state index contributed by atoms with van der Waals surface area (Å²) in [5, 5.41) is 0. The minimum absolute atomic E-state index is 0.382. The van der Waals surface area contributed by atoms with E-state index < -0.39 is 23.4 Å². The Labute approximate surface area is 111 Å². The highest BCUT2D eigenvalue weighted by Gasteiger charge is 2.36. The number of nitrogens with one attached hydrogen (secondary N) is 1. The standard InChI is InChI=1S/C8H23NO4P2S2/c1-7(2,3)17(8(4,5)6)15(12,13)9-14(10,11)16/h12-13H,1-6H3,(H3,9,10,11,16). The average molecular weight is 323 g/mol. The molecular formula is C8H23NO4P2S2. The van der Waals surface area contributed by atoms with Crippen LogP contribution < -0.4 is 4.86 Å². The second kappa shape index (κ2) is 5.31. The van der Waals surface area contributed by atoms with Crippen LogP contribution in [0.5, 0.6) is 0 Å². The van der Waals surface area contributed by atoms with Gasteiger partial charge in [-0.05, 0) is 11.8 Å². The molecule has 0 heterocycles. The summed E-state index contributed by atoms with van der Waals surface area (Å²) in [6, 6.07) is 0. The van der Waals surface area contributed by atoms with Gasteiger partial charge >= 0.3 is 0 Å². The van der Waals surface area contributed by atoms with Gasteiger partial charge in [-0.3, -0.25) is 0 Å². The van der Waals surface area contributed by atoms with Crippen LogP contribution in [0.15, 0.2) is 0 Å². The SMILES string of the molecule is CC(C)(C)S(C(C)(C)C)=P(O)(O)NP(O)(O)=S. The fraction of sp³-hybridized carbons (Fsp3) is 1.00. The van der Waals surface area contributed by atoms with Gasteiger partial charge in [0.25, 0.3) is 6.64 Å². The maximum absolute atomic E-state index is 10.2. The molecule has 0 aliphatic carbocycles. The first-order chi connectivity index (χ1) is 7.07. The third-order valence-corrected chi connectivity index (χ3v) is 12.9. The van der Waals surface area contributed by atoms with Gasteiger partial charge in [-0.15, -0.1) is 10.1 Å². The topological polar surface area (TPSA) is 93.0 Å². The maximum atomic E-state index is 10.2. The molecule has 0 unspecified atom stereocenters. The predicted molar refractivity (Wildman–Crippen MR) is 80.1 cm³/mol. The molecule has 0 radical (unpaired) electrons. The van der Waals surface area contributed by atoms with Crippen molar-refractivity contribution in [3.8, 4) is 0 Å². The molecule has 106 valence electrons. The van der Waals surface area contributed by atoms with Crippen LogP contribution in [0.3, 0.4) is 0 Å². The average Bonchev–Trinajstić information content (AvgIpc) is 1.66. The molecule has 5 N–H and O–H groups in total. The van der Waals surface area contributed by atoms with E-state index in [9.17, 15) is 19.6 Å². The Balaban J connectivity index is 5.96. The molecule has 0 aliphatic heterocycles. The molecule has 0 aromatic carbocycles. The second-order valence-corrected chi connectivity index (χ2v) is 15.8. The Bertz CT molecular complexity index is 369. The normalized spacial score (nSPS) is 15.5. The van der Waals surface area contributed by atoms with Crippen molar-refractivity contribution in [2.24, 2.45) is 0 Å². The van der Waals surface area contributed by atoms with Crippen LogP contribution in [0.1, 0.15) is 41.5 Å². The molecule has 0 aliphatic rings. The van der Waals surface area contributed by atoms with Crippen LogP contribution in [0.25, 0.3) is 0 Å². The zero-order valence-electron chi connectivity index (χ0n) is 11.0. The summed E-state index contributed by atoms with van der Waals surface area (Å²) in [6.45, 7) is 3.81. The molecule has 5 nitrogen and oxygen atoms in total. The zero-order valence-corrected chi connectivity index (χ0v) is 14.4. The second-order valence-electron chi connectivity index (χ2n) is 5.70. The lowest BCUT2D eigenvalue weighted by molar-refractivity contribution is 0.445. The van der Waals surface area contributed by atoms with Crippen molar-refractivity contribution in [2.75, 3.05) is 0 Å². The Hall–Kier alpha value is 1.23. The first-order valence-electron chi connectivity index (χ1n) is 5.02. The minimum Gasteiger partial charge on any atom is -0.337 e. The van der Waals surface area contributed by atoms with Crippen molar-refractivity contribution < 1.29 is 19.6 Å². The van der Waals surface area contributed by atoms with Crippen molar-refractivity contribution in [1.82, 2.24) is 4.86 Å². The molecule has 0 aromatic rings. The number of hydrogen-bond acceptors (Lipinski definition) is 1. The van der Waals surface area contributed by atoms with Crippen molar-refractivity contribution in [2.45, 2.75) is 51.0 Å². The molecule has 0 atom stereocenters. The molecule has 0 saturated heterocycles. The van der Waals surface area contributed by atoms with Gasteiger partial charge in [0.2, 0.25) is 6.64 Å². The molecule has 0 fully saturated rings. The van der Waals surface area contributed by atoms with Crippen LogP contribution in [0, 0.1) is 0 Å². The largest absolute Gasteiger partial charge is 0.337 e. The third kappa shape index (κ3) is 6.28. The van der Waals surface area contributed by atoms with E-state index in [2.05, 4.69) is 16.7 Å². The predicted octanol–water partition coefficient (Wildman–Crippen LogP) is 1.66. The lowest BCUT2D eigenvalue weighted by atomic mass is 10.2. The van der Waals surface area contributed by atoms with E-state index in [-0.39, 0.29) is 9.49 Å². The Morgan fingerprint density at radius 2 is 1.18 bits per heavy atom. The summed E-state index contributed by atoms with van der Waals surface area (Å²) in [5.41, 5.74) is 0. The molecule has 0 aromatic heterocycles. The van der Waals surface area contributed by atoms with Crippen molar-refractivity contribution >= 4 is 35.2 Å². The lowest BCUT2D eigenvalue weighted by Gasteiger charge is -2.39. The Morgan fingerprint density at radius 3 is 1.35 bits per heavy atom. The first-order valence-corrected chi connectivity index (χ1v) is 11.3. The van der Waals surface area contributed by atoms with Crippen molar-refractivity contribution in [3.05, 3.63) is 0 Å². The highest BCUT2D eigenvalue weighted by Crippen LogP contribution is 2.53. The van der Waals surface area contributed by atoms with Crippen molar-refractivity contribution in [1.29, 1.82) is 0 Å². The van der Waals surface area contributed by atoms with E-state index in [4.69, 9.17) is 0 Å². The minimum atomic E-state index is -3.84. The maximum Gasteiger partial charge on any atom is 0.263 e. The number of hydrogen-bond donors (Lipinski definition) is 5. The van der Waals surface area contributed by atoms with Crippen LogP contribution in [-0.2, 0) is 21.9 Å². The molecule has 0 bridgehead atoms. The van der Waals surface area contributed by atoms with Crippen LogP contribution in [0.2, 0.25) is 0 Å². The third-order valence-electron chi connectivity index (χ3n) is 1.68. The molecule has 0 spiro atoms. The fourth-order valence-corrected chi connectivity index (χ4v) is 14.8. The summed E-state index contributed by atoms with van der Waals surface area (Å²) in [6.07, 6.45) is 0. The van der Waals surface area contributed by atoms with Crippen molar-refractivity contribution in [3.63, 3.8) is 0 Å². The Morgan fingerprint density at radius 1 is 0.882 bits per heavy atom. The van der Waals surface area contributed by atoms with E-state index in [1.165, 1.54) is 0 Å². The molecule has 9 heteroatoms. The van der Waals surface area contributed by atoms with Gasteiger partial charge in [0.15, 0.2) is 0 Å². The summed E-state index contributed by atoms with van der Waals surface area (Å²) < 4.78 is -0.764. The van der Waals surface area contributed by atoms with E-state index in [0.717, 1.165) is 0 Å². The van der Waals surface area contributed by atoms with Gasteiger partial charge in [0.1, 0.15) is 0 Å². The van der Waals surface area contributed by atoms with E-state index in [1.807, 2.05) is 41.5 Å². The number of rotatable bonds is 2. The van der Waals surface area contributed by atoms with Gasteiger partial charge in [-0.1, -0.05) is 41.5 Å². The summed E-state index contributed by atoms with van der Waals surface area (Å²) >= 11 is 4.42. The van der Waals surface area contributed by atoms with Gasteiger partial charge in [0, 0.05) is 9.49 Å². The molecule has 17 heavy (non-hydrogen) atoms. The molecular weight excluding hydrogens is 300 g/mol. The monoisotopic (exact) mass is 323 g/mol. The van der Waals surface area contributed by atoms with Gasteiger partial charge < -0.3 is 19.6 Å². The van der Waals surface area contributed by atoms with Crippen LogP contribution in [-0.4, -0.2) is 29.1 Å².